The zero-order valence-corrected chi connectivity index (χ0v) is 7.95. The molecule has 0 spiro atoms. The molecule has 3 fully saturated rings. The summed E-state index contributed by atoms with van der Waals surface area (Å²) in [5, 5.41) is 0. The Hall–Kier alpha value is -0.570. The Morgan fingerprint density at radius 2 is 2.00 bits per heavy atom. The number of epoxide rings is 1. The van der Waals surface area contributed by atoms with E-state index in [0.717, 1.165) is 12.8 Å². The van der Waals surface area contributed by atoms with E-state index in [1.807, 2.05) is 13.8 Å². The van der Waals surface area contributed by atoms with Crippen LogP contribution in [0.2, 0.25) is 0 Å². The highest BCUT2D eigenvalue weighted by Gasteiger charge is 2.59. The molecule has 0 aromatic rings. The van der Waals surface area contributed by atoms with E-state index in [1.165, 1.54) is 0 Å². The van der Waals surface area contributed by atoms with Crippen molar-refractivity contribution in [1.29, 1.82) is 0 Å². The highest BCUT2D eigenvalue weighted by atomic mass is 16.6. The van der Waals surface area contributed by atoms with Crippen molar-refractivity contribution >= 4 is 5.97 Å². The van der Waals surface area contributed by atoms with Crippen LogP contribution in [0.25, 0.3) is 0 Å². The van der Waals surface area contributed by atoms with Gasteiger partial charge in [-0.3, -0.25) is 4.79 Å². The summed E-state index contributed by atoms with van der Waals surface area (Å²) in [6, 6.07) is 0. The minimum Gasteiger partial charge on any atom is -0.459 e. The van der Waals surface area contributed by atoms with Gasteiger partial charge in [-0.1, -0.05) is 0 Å². The zero-order valence-electron chi connectivity index (χ0n) is 7.95. The molecule has 13 heavy (non-hydrogen) atoms. The number of esters is 1. The minimum absolute atomic E-state index is 0.0102. The predicted octanol–water partition coefficient (Wildman–Crippen LogP) is 1.12. The van der Waals surface area contributed by atoms with Gasteiger partial charge in [-0.25, -0.2) is 0 Å². The molecule has 3 nitrogen and oxygen atoms in total. The van der Waals surface area contributed by atoms with Gasteiger partial charge in [0.25, 0.3) is 0 Å². The van der Waals surface area contributed by atoms with Crippen molar-refractivity contribution in [2.45, 2.75) is 44.5 Å². The van der Waals surface area contributed by atoms with E-state index in [1.54, 1.807) is 0 Å². The highest BCUT2D eigenvalue weighted by Crippen LogP contribution is 2.51. The van der Waals surface area contributed by atoms with Gasteiger partial charge >= 0.3 is 5.97 Å². The van der Waals surface area contributed by atoms with Gasteiger partial charge in [-0.2, -0.15) is 0 Å². The molecule has 1 saturated carbocycles. The standard InChI is InChI=1S/C10H14O3/c1-10(2)6-4-8-7(12-8)3-5(6)9(11)13-10/h5-8H,3-4H2,1-2H3/t5-,6+,7+,8-/m0/s1. The van der Waals surface area contributed by atoms with Gasteiger partial charge in [0, 0.05) is 5.92 Å². The van der Waals surface area contributed by atoms with Crippen molar-refractivity contribution in [1.82, 2.24) is 0 Å². The van der Waals surface area contributed by atoms with E-state index in [9.17, 15) is 4.79 Å². The Balaban J connectivity index is 1.90. The minimum atomic E-state index is -0.265. The molecule has 0 bridgehead atoms. The molecule has 0 aromatic carbocycles. The van der Waals surface area contributed by atoms with Gasteiger partial charge in [0.1, 0.15) is 5.60 Å². The Morgan fingerprint density at radius 3 is 2.77 bits per heavy atom. The molecule has 3 heteroatoms. The van der Waals surface area contributed by atoms with Crippen LogP contribution >= 0.6 is 0 Å². The van der Waals surface area contributed by atoms with Gasteiger partial charge in [0.2, 0.25) is 0 Å². The Morgan fingerprint density at radius 1 is 1.31 bits per heavy atom. The maximum absolute atomic E-state index is 11.5. The Bertz CT molecular complexity index is 271. The second-order valence-electron chi connectivity index (χ2n) is 4.92. The van der Waals surface area contributed by atoms with Crippen LogP contribution in [0.3, 0.4) is 0 Å². The predicted molar refractivity (Wildman–Crippen MR) is 45.0 cm³/mol. The van der Waals surface area contributed by atoms with Crippen molar-refractivity contribution < 1.29 is 14.3 Å². The van der Waals surface area contributed by atoms with Gasteiger partial charge in [0.05, 0.1) is 18.1 Å². The summed E-state index contributed by atoms with van der Waals surface area (Å²) in [6.45, 7) is 4.02. The number of cyclic esters (lactones) is 1. The fourth-order valence-corrected chi connectivity index (χ4v) is 2.86. The van der Waals surface area contributed by atoms with Crippen LogP contribution in [0.15, 0.2) is 0 Å². The second-order valence-corrected chi connectivity index (χ2v) is 4.92. The lowest BCUT2D eigenvalue weighted by atomic mass is 9.74. The van der Waals surface area contributed by atoms with E-state index in [0.29, 0.717) is 18.1 Å². The van der Waals surface area contributed by atoms with Crippen LogP contribution in [0.1, 0.15) is 26.7 Å². The first-order valence-electron chi connectivity index (χ1n) is 4.96. The molecule has 2 heterocycles. The molecule has 0 aromatic heterocycles. The zero-order chi connectivity index (χ0) is 9.22. The molecule has 3 rings (SSSR count). The largest absolute Gasteiger partial charge is 0.459 e. The molecular weight excluding hydrogens is 168 g/mol. The SMILES string of the molecule is CC1(C)OC(=O)[C@H]2C[C@H]3O[C@H]3C[C@H]21. The fraction of sp³-hybridized carbons (Fsp3) is 0.900. The maximum Gasteiger partial charge on any atom is 0.310 e. The normalized spacial score (nSPS) is 50.8. The van der Waals surface area contributed by atoms with Crippen molar-refractivity contribution in [3.8, 4) is 0 Å². The van der Waals surface area contributed by atoms with Crippen molar-refractivity contribution in [2.75, 3.05) is 0 Å². The summed E-state index contributed by atoms with van der Waals surface area (Å²) in [5.41, 5.74) is -0.265. The van der Waals surface area contributed by atoms with Crippen molar-refractivity contribution in [3.63, 3.8) is 0 Å². The molecule has 0 amide bonds. The molecule has 0 radical (unpaired) electrons. The molecule has 2 saturated heterocycles. The first kappa shape index (κ1) is 7.80. The second kappa shape index (κ2) is 2.08. The number of hydrogen-bond donors (Lipinski definition) is 0. The number of carbonyl (C=O) groups excluding carboxylic acids is 1. The molecule has 1 aliphatic carbocycles. The topological polar surface area (TPSA) is 38.8 Å². The van der Waals surface area contributed by atoms with Gasteiger partial charge < -0.3 is 9.47 Å². The Kier molecular flexibility index (Phi) is 1.25. The monoisotopic (exact) mass is 182 g/mol. The first-order valence-corrected chi connectivity index (χ1v) is 4.96. The number of fused-ring (bicyclic) bond motifs is 2. The average Bonchev–Trinajstić information content (AvgIpc) is 2.73. The number of ether oxygens (including phenoxy) is 2. The van der Waals surface area contributed by atoms with Gasteiger partial charge in [0.15, 0.2) is 0 Å². The first-order chi connectivity index (χ1) is 6.08. The third-order valence-electron chi connectivity index (χ3n) is 3.71. The van der Waals surface area contributed by atoms with Crippen LogP contribution in [0.5, 0.6) is 0 Å². The summed E-state index contributed by atoms with van der Waals surface area (Å²) in [6.07, 6.45) is 2.68. The smallest absolute Gasteiger partial charge is 0.310 e. The van der Waals surface area contributed by atoms with E-state index in [2.05, 4.69) is 0 Å². The van der Waals surface area contributed by atoms with Gasteiger partial charge in [-0.05, 0) is 26.7 Å². The average molecular weight is 182 g/mol. The molecule has 0 N–H and O–H groups in total. The Labute approximate surface area is 77.4 Å². The summed E-state index contributed by atoms with van der Waals surface area (Å²) < 4.78 is 10.8. The summed E-state index contributed by atoms with van der Waals surface area (Å²) in [5.74, 6) is 0.478. The fourth-order valence-electron chi connectivity index (χ4n) is 2.86. The van der Waals surface area contributed by atoms with E-state index < -0.39 is 0 Å². The maximum atomic E-state index is 11.5. The summed E-state index contributed by atoms with van der Waals surface area (Å²) in [7, 11) is 0. The molecule has 72 valence electrons. The lowest BCUT2D eigenvalue weighted by Gasteiger charge is -2.28. The van der Waals surface area contributed by atoms with Crippen LogP contribution in [0.4, 0.5) is 0 Å². The van der Waals surface area contributed by atoms with Crippen LogP contribution < -0.4 is 0 Å². The molecule has 4 atom stereocenters. The van der Waals surface area contributed by atoms with Crippen molar-refractivity contribution in [3.05, 3.63) is 0 Å². The van der Waals surface area contributed by atoms with Crippen LogP contribution in [-0.4, -0.2) is 23.8 Å². The van der Waals surface area contributed by atoms with Crippen molar-refractivity contribution in [2.24, 2.45) is 11.8 Å². The van der Waals surface area contributed by atoms with E-state index in [4.69, 9.17) is 9.47 Å². The van der Waals surface area contributed by atoms with Crippen LogP contribution in [0, 0.1) is 11.8 Å². The third-order valence-corrected chi connectivity index (χ3v) is 3.71. The molecule has 3 aliphatic rings. The molecular formula is C10H14O3. The van der Waals surface area contributed by atoms with E-state index >= 15 is 0 Å². The summed E-state index contributed by atoms with van der Waals surface area (Å²) in [4.78, 5) is 11.5. The molecule has 0 unspecified atom stereocenters. The van der Waals surface area contributed by atoms with Crippen LogP contribution in [-0.2, 0) is 14.3 Å². The van der Waals surface area contributed by atoms with E-state index in [-0.39, 0.29) is 17.5 Å². The lowest BCUT2D eigenvalue weighted by molar-refractivity contribution is -0.148. The van der Waals surface area contributed by atoms with Gasteiger partial charge in [-0.15, -0.1) is 0 Å². The quantitative estimate of drug-likeness (QED) is 0.416. The number of carbonyl (C=O) groups is 1. The third kappa shape index (κ3) is 0.966. The lowest BCUT2D eigenvalue weighted by Crippen LogP contribution is -2.34. The summed E-state index contributed by atoms with van der Waals surface area (Å²) >= 11 is 0. The number of rotatable bonds is 0. The number of hydrogen-bond acceptors (Lipinski definition) is 3. The highest BCUT2D eigenvalue weighted by molar-refractivity contribution is 5.76. The molecule has 2 aliphatic heterocycles.